The SMILES string of the molecule is COc1c(S(=O)(=O)N2CCN(C(=O)c3ncc(-c4ccncc4)cn3)CC2)[nH]c2ccc(Cl)cc12. The number of pyridine rings is 1. The molecular weight excluding hydrogens is 492 g/mol. The molecule has 1 N–H and O–H groups in total. The van der Waals surface area contributed by atoms with E-state index in [2.05, 4.69) is 19.9 Å². The van der Waals surface area contributed by atoms with Crippen LogP contribution in [0.2, 0.25) is 5.02 Å². The Morgan fingerprint density at radius 1 is 1.03 bits per heavy atom. The van der Waals surface area contributed by atoms with Crippen LogP contribution in [0.3, 0.4) is 0 Å². The molecule has 10 nitrogen and oxygen atoms in total. The minimum Gasteiger partial charge on any atom is -0.493 e. The van der Waals surface area contributed by atoms with Crippen molar-refractivity contribution in [1.29, 1.82) is 0 Å². The molecule has 1 aliphatic rings. The number of benzene rings is 1. The third kappa shape index (κ3) is 4.33. The molecule has 0 atom stereocenters. The Morgan fingerprint density at radius 2 is 1.71 bits per heavy atom. The van der Waals surface area contributed by atoms with Gasteiger partial charge in [0, 0.05) is 66.9 Å². The summed E-state index contributed by atoms with van der Waals surface area (Å²) in [5, 5.41) is 1.02. The second-order valence-electron chi connectivity index (χ2n) is 7.90. The fourth-order valence-electron chi connectivity index (χ4n) is 4.03. The van der Waals surface area contributed by atoms with E-state index in [0.29, 0.717) is 15.9 Å². The first-order valence-electron chi connectivity index (χ1n) is 10.8. The lowest BCUT2D eigenvalue weighted by atomic mass is 10.1. The van der Waals surface area contributed by atoms with Crippen molar-refractivity contribution in [3.63, 3.8) is 0 Å². The van der Waals surface area contributed by atoms with Crippen molar-refractivity contribution >= 4 is 38.4 Å². The van der Waals surface area contributed by atoms with Crippen LogP contribution >= 0.6 is 11.6 Å². The topological polar surface area (TPSA) is 121 Å². The van der Waals surface area contributed by atoms with Crippen molar-refractivity contribution in [2.24, 2.45) is 0 Å². The molecule has 12 heteroatoms. The highest BCUT2D eigenvalue weighted by Gasteiger charge is 2.35. The van der Waals surface area contributed by atoms with Crippen molar-refractivity contribution in [1.82, 2.24) is 29.1 Å². The van der Waals surface area contributed by atoms with Gasteiger partial charge in [-0.1, -0.05) is 11.6 Å². The quantitative estimate of drug-likeness (QED) is 0.436. The summed E-state index contributed by atoms with van der Waals surface area (Å²) < 4.78 is 33.5. The zero-order valence-corrected chi connectivity index (χ0v) is 20.3. The van der Waals surface area contributed by atoms with Gasteiger partial charge in [-0.3, -0.25) is 9.78 Å². The number of sulfonamides is 1. The molecule has 0 saturated carbocycles. The maximum Gasteiger partial charge on any atom is 0.291 e. The van der Waals surface area contributed by atoms with E-state index in [9.17, 15) is 13.2 Å². The molecule has 1 saturated heterocycles. The fraction of sp³-hybridized carbons (Fsp3) is 0.217. The molecule has 5 rings (SSSR count). The van der Waals surface area contributed by atoms with E-state index < -0.39 is 10.0 Å². The Morgan fingerprint density at radius 3 is 2.37 bits per heavy atom. The van der Waals surface area contributed by atoms with Crippen molar-refractivity contribution in [3.8, 4) is 16.9 Å². The molecule has 3 aromatic heterocycles. The summed E-state index contributed by atoms with van der Waals surface area (Å²) in [6, 6.07) is 8.69. The van der Waals surface area contributed by atoms with E-state index in [-0.39, 0.29) is 48.7 Å². The second-order valence-corrected chi connectivity index (χ2v) is 10.2. The number of halogens is 1. The summed E-state index contributed by atoms with van der Waals surface area (Å²) in [7, 11) is -2.48. The first-order chi connectivity index (χ1) is 16.9. The molecule has 4 aromatic rings. The number of nitrogens with one attached hydrogen (secondary N) is 1. The number of amides is 1. The van der Waals surface area contributed by atoms with Gasteiger partial charge in [0.25, 0.3) is 15.9 Å². The summed E-state index contributed by atoms with van der Waals surface area (Å²) in [5.74, 6) is -0.0712. The normalized spacial score (nSPS) is 14.9. The van der Waals surface area contributed by atoms with Crippen molar-refractivity contribution < 1.29 is 17.9 Å². The Balaban J connectivity index is 1.30. The smallest absolute Gasteiger partial charge is 0.291 e. The third-order valence-corrected chi connectivity index (χ3v) is 7.95. The van der Waals surface area contributed by atoms with E-state index >= 15 is 0 Å². The number of methoxy groups -OCH3 is 1. The highest BCUT2D eigenvalue weighted by molar-refractivity contribution is 7.89. The summed E-state index contributed by atoms with van der Waals surface area (Å²) in [6.45, 7) is 0.675. The number of aromatic amines is 1. The van der Waals surface area contributed by atoms with Crippen LogP contribution in [0.4, 0.5) is 0 Å². The number of nitrogens with zero attached hydrogens (tertiary/aromatic N) is 5. The van der Waals surface area contributed by atoms with E-state index in [1.165, 1.54) is 11.4 Å². The van der Waals surface area contributed by atoms with Crippen LogP contribution in [0.5, 0.6) is 5.75 Å². The number of piperazine rings is 1. The second kappa shape index (κ2) is 9.25. The average molecular weight is 513 g/mol. The number of hydrogen-bond acceptors (Lipinski definition) is 7. The van der Waals surface area contributed by atoms with Gasteiger partial charge in [0.05, 0.1) is 12.6 Å². The number of carbonyl (C=O) groups excluding carboxylic acids is 1. The predicted octanol–water partition coefficient (Wildman–Crippen LogP) is 2.83. The van der Waals surface area contributed by atoms with Crippen LogP contribution in [-0.2, 0) is 10.0 Å². The molecule has 1 fully saturated rings. The van der Waals surface area contributed by atoms with Crippen molar-refractivity contribution in [2.75, 3.05) is 33.3 Å². The first-order valence-corrected chi connectivity index (χ1v) is 12.6. The van der Waals surface area contributed by atoms with Gasteiger partial charge in [-0.25, -0.2) is 18.4 Å². The zero-order valence-electron chi connectivity index (χ0n) is 18.7. The van der Waals surface area contributed by atoms with Gasteiger partial charge in [-0.05, 0) is 35.9 Å². The molecule has 1 aliphatic heterocycles. The van der Waals surface area contributed by atoms with Crippen LogP contribution in [0.1, 0.15) is 10.6 Å². The number of hydrogen-bond donors (Lipinski definition) is 1. The van der Waals surface area contributed by atoms with E-state index in [0.717, 1.165) is 11.1 Å². The van der Waals surface area contributed by atoms with Gasteiger partial charge in [0.2, 0.25) is 5.82 Å². The lowest BCUT2D eigenvalue weighted by molar-refractivity contribution is 0.0685. The molecule has 35 heavy (non-hydrogen) atoms. The first kappa shape index (κ1) is 23.2. The monoisotopic (exact) mass is 512 g/mol. The molecule has 1 aromatic carbocycles. The predicted molar refractivity (Wildman–Crippen MR) is 130 cm³/mol. The van der Waals surface area contributed by atoms with Gasteiger partial charge in [0.15, 0.2) is 10.8 Å². The molecule has 0 aliphatic carbocycles. The van der Waals surface area contributed by atoms with E-state index in [4.69, 9.17) is 16.3 Å². The van der Waals surface area contributed by atoms with Gasteiger partial charge in [-0.15, -0.1) is 0 Å². The number of aromatic nitrogens is 4. The van der Waals surface area contributed by atoms with Crippen LogP contribution in [0, 0.1) is 0 Å². The molecule has 0 spiro atoms. The molecule has 1 amide bonds. The van der Waals surface area contributed by atoms with Crippen LogP contribution < -0.4 is 4.74 Å². The fourth-order valence-corrected chi connectivity index (χ4v) is 5.77. The van der Waals surface area contributed by atoms with Crippen molar-refractivity contribution in [3.05, 3.63) is 66.0 Å². The molecule has 0 unspecified atom stereocenters. The van der Waals surface area contributed by atoms with Gasteiger partial charge < -0.3 is 14.6 Å². The number of carbonyl (C=O) groups is 1. The summed E-state index contributed by atoms with van der Waals surface area (Å²) in [6.07, 6.45) is 6.51. The number of fused-ring (bicyclic) bond motifs is 1. The maximum absolute atomic E-state index is 13.4. The van der Waals surface area contributed by atoms with Gasteiger partial charge in [-0.2, -0.15) is 4.31 Å². The molecular formula is C23H21ClN6O4S. The van der Waals surface area contributed by atoms with E-state index in [1.807, 2.05) is 12.1 Å². The number of ether oxygens (including phenoxy) is 1. The maximum atomic E-state index is 13.4. The number of H-pyrrole nitrogens is 1. The Bertz CT molecular complexity index is 1480. The Hall–Kier alpha value is -3.54. The van der Waals surface area contributed by atoms with E-state index in [1.54, 1.807) is 47.9 Å². The zero-order chi connectivity index (χ0) is 24.6. The lowest BCUT2D eigenvalue weighted by Gasteiger charge is -2.33. The standard InChI is InChI=1S/C23H21ClN6O4S/c1-34-20-18-12-17(24)2-3-19(18)28-22(20)35(32,33)30-10-8-29(9-11-30)23(31)21-26-13-16(14-27-21)15-4-6-25-7-5-15/h2-7,12-14,28H,8-11H2,1H3. The lowest BCUT2D eigenvalue weighted by Crippen LogP contribution is -2.50. The number of rotatable bonds is 5. The minimum atomic E-state index is -3.89. The van der Waals surface area contributed by atoms with Crippen LogP contribution in [0.25, 0.3) is 22.0 Å². The van der Waals surface area contributed by atoms with Gasteiger partial charge in [0.1, 0.15) is 0 Å². The molecule has 0 bridgehead atoms. The summed E-state index contributed by atoms with van der Waals surface area (Å²) in [5.41, 5.74) is 2.27. The Kier molecular flexibility index (Phi) is 6.13. The molecule has 4 heterocycles. The highest BCUT2D eigenvalue weighted by atomic mass is 35.5. The van der Waals surface area contributed by atoms with Crippen LogP contribution in [-0.4, -0.2) is 76.8 Å². The summed E-state index contributed by atoms with van der Waals surface area (Å²) >= 11 is 6.08. The summed E-state index contributed by atoms with van der Waals surface area (Å²) in [4.78, 5) is 29.8. The van der Waals surface area contributed by atoms with Crippen LogP contribution in [0.15, 0.2) is 60.1 Å². The molecule has 180 valence electrons. The molecule has 0 radical (unpaired) electrons. The average Bonchev–Trinajstić information content (AvgIpc) is 3.27. The minimum absolute atomic E-state index is 0.0351. The third-order valence-electron chi connectivity index (χ3n) is 5.87. The van der Waals surface area contributed by atoms with Crippen molar-refractivity contribution in [2.45, 2.75) is 5.03 Å². The Labute approximate surface area is 206 Å². The van der Waals surface area contributed by atoms with Gasteiger partial charge >= 0.3 is 0 Å². The largest absolute Gasteiger partial charge is 0.493 e. The highest BCUT2D eigenvalue weighted by Crippen LogP contribution is 2.36.